The number of rotatable bonds is 3. The van der Waals surface area contributed by atoms with Crippen LogP contribution in [0.2, 0.25) is 0 Å². The van der Waals surface area contributed by atoms with Crippen LogP contribution in [-0.2, 0) is 19.3 Å². The van der Waals surface area contributed by atoms with E-state index in [0.29, 0.717) is 0 Å². The van der Waals surface area contributed by atoms with Crippen LogP contribution in [0.3, 0.4) is 0 Å². The fourth-order valence-electron chi connectivity index (χ4n) is 3.42. The van der Waals surface area contributed by atoms with Crippen LogP contribution in [0.15, 0.2) is 18.2 Å². The quantitative estimate of drug-likeness (QED) is 0.776. The lowest BCUT2D eigenvalue weighted by Crippen LogP contribution is -2.01. The summed E-state index contributed by atoms with van der Waals surface area (Å²) in [5.74, 6) is 0. The van der Waals surface area contributed by atoms with Crippen molar-refractivity contribution in [3.05, 3.63) is 40.7 Å². The van der Waals surface area contributed by atoms with Crippen LogP contribution in [0.1, 0.15) is 42.3 Å². The highest BCUT2D eigenvalue weighted by Crippen LogP contribution is 2.30. The zero-order valence-electron chi connectivity index (χ0n) is 13.6. The fraction of sp³-hybridized carbons (Fsp3) is 0.389. The highest BCUT2D eigenvalue weighted by molar-refractivity contribution is 5.66. The SMILES string of the molecule is CCc1[nH]nc(-c2cccc(-c3n[nH]c4c3CCCC4)n2)c1C. The molecular formula is C18H21N5. The van der Waals surface area contributed by atoms with E-state index in [4.69, 9.17) is 4.98 Å². The smallest absolute Gasteiger partial charge is 0.114 e. The molecule has 0 fully saturated rings. The number of pyridine rings is 1. The summed E-state index contributed by atoms with van der Waals surface area (Å²) < 4.78 is 0. The molecule has 3 heterocycles. The maximum atomic E-state index is 4.84. The summed E-state index contributed by atoms with van der Waals surface area (Å²) in [5, 5.41) is 15.3. The average Bonchev–Trinajstić information content (AvgIpc) is 3.18. The molecule has 5 heteroatoms. The molecular weight excluding hydrogens is 286 g/mol. The zero-order chi connectivity index (χ0) is 15.8. The van der Waals surface area contributed by atoms with Gasteiger partial charge < -0.3 is 0 Å². The number of aromatic amines is 2. The monoisotopic (exact) mass is 307 g/mol. The molecule has 0 saturated heterocycles. The van der Waals surface area contributed by atoms with E-state index in [1.165, 1.54) is 35.4 Å². The minimum Gasteiger partial charge on any atom is -0.282 e. The van der Waals surface area contributed by atoms with Crippen LogP contribution in [0.4, 0.5) is 0 Å². The number of H-pyrrole nitrogens is 2. The molecule has 0 amide bonds. The lowest BCUT2D eigenvalue weighted by atomic mass is 9.95. The first kappa shape index (κ1) is 14.2. The van der Waals surface area contributed by atoms with Crippen molar-refractivity contribution in [1.82, 2.24) is 25.4 Å². The molecule has 3 aromatic heterocycles. The lowest BCUT2D eigenvalue weighted by molar-refractivity contribution is 0.675. The van der Waals surface area contributed by atoms with Crippen LogP contribution in [-0.4, -0.2) is 25.4 Å². The molecule has 118 valence electrons. The molecule has 0 aromatic carbocycles. The normalized spacial score (nSPS) is 14.0. The molecule has 0 radical (unpaired) electrons. The Hall–Kier alpha value is -2.43. The van der Waals surface area contributed by atoms with Gasteiger partial charge in [-0.15, -0.1) is 0 Å². The van der Waals surface area contributed by atoms with Gasteiger partial charge in [-0.3, -0.25) is 10.2 Å². The van der Waals surface area contributed by atoms with Crippen molar-refractivity contribution in [2.75, 3.05) is 0 Å². The zero-order valence-corrected chi connectivity index (χ0v) is 13.6. The third-order valence-electron chi connectivity index (χ3n) is 4.75. The van der Waals surface area contributed by atoms with Gasteiger partial charge in [0.1, 0.15) is 11.4 Å². The van der Waals surface area contributed by atoms with Gasteiger partial charge in [0.05, 0.1) is 11.4 Å². The lowest BCUT2D eigenvalue weighted by Gasteiger charge is -2.11. The second-order valence-corrected chi connectivity index (χ2v) is 6.17. The summed E-state index contributed by atoms with van der Waals surface area (Å²) in [5.41, 5.74) is 8.76. The Kier molecular flexibility index (Phi) is 3.48. The Morgan fingerprint density at radius 2 is 1.74 bits per heavy atom. The summed E-state index contributed by atoms with van der Waals surface area (Å²) in [6.07, 6.45) is 5.62. The third-order valence-corrected chi connectivity index (χ3v) is 4.75. The van der Waals surface area contributed by atoms with Crippen molar-refractivity contribution >= 4 is 0 Å². The molecule has 0 atom stereocenters. The molecule has 0 saturated carbocycles. The van der Waals surface area contributed by atoms with Crippen molar-refractivity contribution in [3.8, 4) is 22.8 Å². The van der Waals surface area contributed by atoms with E-state index in [1.807, 2.05) is 18.2 Å². The van der Waals surface area contributed by atoms with Crippen molar-refractivity contribution in [3.63, 3.8) is 0 Å². The number of hydrogen-bond acceptors (Lipinski definition) is 3. The highest BCUT2D eigenvalue weighted by atomic mass is 15.1. The van der Waals surface area contributed by atoms with Crippen LogP contribution in [0.25, 0.3) is 22.8 Å². The first-order valence-corrected chi connectivity index (χ1v) is 8.35. The van der Waals surface area contributed by atoms with Crippen molar-refractivity contribution in [1.29, 1.82) is 0 Å². The van der Waals surface area contributed by atoms with Crippen LogP contribution in [0, 0.1) is 6.92 Å². The number of aromatic nitrogens is 5. The van der Waals surface area contributed by atoms with Crippen LogP contribution < -0.4 is 0 Å². The number of hydrogen-bond donors (Lipinski definition) is 2. The predicted octanol–water partition coefficient (Wildman–Crippen LogP) is 3.61. The largest absolute Gasteiger partial charge is 0.282 e. The number of aryl methyl sites for hydroxylation is 2. The van der Waals surface area contributed by atoms with Gasteiger partial charge in [-0.1, -0.05) is 13.0 Å². The van der Waals surface area contributed by atoms with E-state index < -0.39 is 0 Å². The Bertz CT molecular complexity index is 843. The topological polar surface area (TPSA) is 70.2 Å². The van der Waals surface area contributed by atoms with Gasteiger partial charge in [-0.25, -0.2) is 4.98 Å². The Balaban J connectivity index is 1.77. The molecule has 0 spiro atoms. The summed E-state index contributed by atoms with van der Waals surface area (Å²) in [6.45, 7) is 4.23. The maximum absolute atomic E-state index is 4.84. The number of fused-ring (bicyclic) bond motifs is 1. The maximum Gasteiger partial charge on any atom is 0.114 e. The molecule has 0 bridgehead atoms. The standard InChI is InChI=1S/C18H21N5/c1-3-13-11(2)17(22-20-13)15-9-6-10-16(19-15)18-12-7-4-5-8-14(12)21-23-18/h6,9-10H,3-5,7-8H2,1-2H3,(H,20,22)(H,21,23). The minimum absolute atomic E-state index is 0.906. The van der Waals surface area contributed by atoms with Gasteiger partial charge in [0.2, 0.25) is 0 Å². The fourth-order valence-corrected chi connectivity index (χ4v) is 3.42. The molecule has 0 unspecified atom stereocenters. The molecule has 5 nitrogen and oxygen atoms in total. The van der Waals surface area contributed by atoms with Gasteiger partial charge in [0.25, 0.3) is 0 Å². The van der Waals surface area contributed by atoms with Crippen LogP contribution in [0.5, 0.6) is 0 Å². The second-order valence-electron chi connectivity index (χ2n) is 6.17. The average molecular weight is 307 g/mol. The van der Waals surface area contributed by atoms with Gasteiger partial charge in [0.15, 0.2) is 0 Å². The molecule has 4 rings (SSSR count). The molecule has 1 aliphatic rings. The van der Waals surface area contributed by atoms with E-state index in [0.717, 1.165) is 42.0 Å². The van der Waals surface area contributed by atoms with E-state index in [2.05, 4.69) is 34.2 Å². The van der Waals surface area contributed by atoms with Crippen LogP contribution >= 0.6 is 0 Å². The van der Waals surface area contributed by atoms with Crippen molar-refractivity contribution in [2.45, 2.75) is 46.0 Å². The summed E-state index contributed by atoms with van der Waals surface area (Å²) in [4.78, 5) is 4.84. The van der Waals surface area contributed by atoms with Crippen molar-refractivity contribution < 1.29 is 0 Å². The summed E-state index contributed by atoms with van der Waals surface area (Å²) in [6, 6.07) is 6.10. The molecule has 0 aliphatic heterocycles. The molecule has 1 aliphatic carbocycles. The van der Waals surface area contributed by atoms with Gasteiger partial charge >= 0.3 is 0 Å². The summed E-state index contributed by atoms with van der Waals surface area (Å²) >= 11 is 0. The van der Waals surface area contributed by atoms with Gasteiger partial charge in [-0.05, 0) is 56.7 Å². The van der Waals surface area contributed by atoms with E-state index in [9.17, 15) is 0 Å². The number of nitrogens with zero attached hydrogens (tertiary/aromatic N) is 3. The van der Waals surface area contributed by atoms with E-state index in [1.54, 1.807) is 0 Å². The Labute approximate surface area is 135 Å². The molecule has 2 N–H and O–H groups in total. The van der Waals surface area contributed by atoms with Gasteiger partial charge in [0, 0.05) is 17.0 Å². The van der Waals surface area contributed by atoms with E-state index >= 15 is 0 Å². The minimum atomic E-state index is 0.906. The van der Waals surface area contributed by atoms with Gasteiger partial charge in [-0.2, -0.15) is 10.2 Å². The van der Waals surface area contributed by atoms with E-state index in [-0.39, 0.29) is 0 Å². The number of nitrogens with one attached hydrogen (secondary N) is 2. The Morgan fingerprint density at radius 1 is 1.00 bits per heavy atom. The second kappa shape index (κ2) is 5.65. The molecule has 23 heavy (non-hydrogen) atoms. The first-order chi connectivity index (χ1) is 11.3. The summed E-state index contributed by atoms with van der Waals surface area (Å²) in [7, 11) is 0. The predicted molar refractivity (Wildman–Crippen MR) is 90.2 cm³/mol. The Morgan fingerprint density at radius 3 is 2.52 bits per heavy atom. The first-order valence-electron chi connectivity index (χ1n) is 8.35. The molecule has 3 aromatic rings. The third kappa shape index (κ3) is 2.36. The van der Waals surface area contributed by atoms with Crippen molar-refractivity contribution in [2.24, 2.45) is 0 Å². The highest BCUT2D eigenvalue weighted by Gasteiger charge is 2.19.